The number of carbonyl (C=O) groups excluding carboxylic acids is 1. The van der Waals surface area contributed by atoms with Crippen molar-refractivity contribution in [3.8, 4) is 11.3 Å². The standard InChI is InChI=1S/C14H13N5O/c20-13(9-4-5-9)17-14-16-12-3-1-2-11(19(12)18-14)10-6-7-15-8-10/h1-3,6-9,15H,4-5H2,(H,17,18,20). The number of amides is 1. The molecular formula is C14H13N5O. The molecule has 3 aromatic rings. The summed E-state index contributed by atoms with van der Waals surface area (Å²) < 4.78 is 1.74. The molecule has 1 saturated carbocycles. The van der Waals surface area contributed by atoms with E-state index in [4.69, 9.17) is 0 Å². The van der Waals surface area contributed by atoms with Gasteiger partial charge in [-0.05, 0) is 31.0 Å². The van der Waals surface area contributed by atoms with E-state index in [9.17, 15) is 4.79 Å². The molecule has 6 nitrogen and oxygen atoms in total. The number of fused-ring (bicyclic) bond motifs is 1. The second-order valence-electron chi connectivity index (χ2n) is 4.98. The van der Waals surface area contributed by atoms with E-state index in [-0.39, 0.29) is 11.8 Å². The summed E-state index contributed by atoms with van der Waals surface area (Å²) in [5.74, 6) is 0.528. The molecule has 0 bridgehead atoms. The fraction of sp³-hybridized carbons (Fsp3) is 0.214. The molecule has 0 spiro atoms. The average Bonchev–Trinajstić information content (AvgIpc) is 3.00. The Bertz CT molecular complexity index is 770. The fourth-order valence-electron chi connectivity index (χ4n) is 2.22. The van der Waals surface area contributed by atoms with E-state index in [1.54, 1.807) is 4.52 Å². The molecule has 0 saturated heterocycles. The third-order valence-electron chi connectivity index (χ3n) is 3.44. The fourth-order valence-corrected chi connectivity index (χ4v) is 2.22. The average molecular weight is 267 g/mol. The highest BCUT2D eigenvalue weighted by atomic mass is 16.2. The normalized spacial score (nSPS) is 14.6. The van der Waals surface area contributed by atoms with Crippen LogP contribution in [0.15, 0.2) is 36.7 Å². The lowest BCUT2D eigenvalue weighted by Gasteiger charge is -2.00. The predicted octanol–water partition coefficient (Wildman–Crippen LogP) is 2.07. The smallest absolute Gasteiger partial charge is 0.249 e. The van der Waals surface area contributed by atoms with E-state index in [1.807, 2.05) is 36.7 Å². The minimum absolute atomic E-state index is 0.0177. The zero-order valence-electron chi connectivity index (χ0n) is 10.7. The van der Waals surface area contributed by atoms with Crippen molar-refractivity contribution in [2.24, 2.45) is 5.92 Å². The Morgan fingerprint density at radius 1 is 1.35 bits per heavy atom. The number of aromatic amines is 1. The summed E-state index contributed by atoms with van der Waals surface area (Å²) in [4.78, 5) is 19.1. The molecule has 0 unspecified atom stereocenters. The van der Waals surface area contributed by atoms with Crippen molar-refractivity contribution in [2.45, 2.75) is 12.8 Å². The highest BCUT2D eigenvalue weighted by Gasteiger charge is 2.30. The van der Waals surface area contributed by atoms with Crippen LogP contribution in [0.2, 0.25) is 0 Å². The van der Waals surface area contributed by atoms with Crippen molar-refractivity contribution in [1.82, 2.24) is 19.6 Å². The van der Waals surface area contributed by atoms with Gasteiger partial charge in [0.05, 0.1) is 5.69 Å². The van der Waals surface area contributed by atoms with E-state index in [2.05, 4.69) is 20.4 Å². The van der Waals surface area contributed by atoms with Crippen molar-refractivity contribution in [3.63, 3.8) is 0 Å². The summed E-state index contributed by atoms with van der Waals surface area (Å²) in [6.07, 6.45) is 5.70. The van der Waals surface area contributed by atoms with E-state index in [1.165, 1.54) is 0 Å². The number of rotatable bonds is 3. The van der Waals surface area contributed by atoms with Crippen LogP contribution in [-0.2, 0) is 4.79 Å². The van der Waals surface area contributed by atoms with E-state index >= 15 is 0 Å². The van der Waals surface area contributed by atoms with Crippen molar-refractivity contribution in [1.29, 1.82) is 0 Å². The van der Waals surface area contributed by atoms with Gasteiger partial charge in [-0.15, -0.1) is 5.10 Å². The number of pyridine rings is 1. The first-order valence-electron chi connectivity index (χ1n) is 6.61. The van der Waals surface area contributed by atoms with E-state index < -0.39 is 0 Å². The Morgan fingerprint density at radius 2 is 2.25 bits per heavy atom. The van der Waals surface area contributed by atoms with Gasteiger partial charge >= 0.3 is 0 Å². The molecule has 0 aromatic carbocycles. The van der Waals surface area contributed by atoms with Gasteiger partial charge in [-0.2, -0.15) is 4.98 Å². The van der Waals surface area contributed by atoms with Crippen molar-refractivity contribution in [2.75, 3.05) is 5.32 Å². The monoisotopic (exact) mass is 267 g/mol. The second kappa shape index (κ2) is 4.19. The molecule has 3 aromatic heterocycles. The number of nitrogens with one attached hydrogen (secondary N) is 2. The first-order chi connectivity index (χ1) is 9.81. The molecule has 0 radical (unpaired) electrons. The van der Waals surface area contributed by atoms with Gasteiger partial charge in [-0.25, -0.2) is 4.52 Å². The lowest BCUT2D eigenvalue weighted by molar-refractivity contribution is -0.117. The van der Waals surface area contributed by atoms with Crippen LogP contribution in [0.3, 0.4) is 0 Å². The zero-order valence-corrected chi connectivity index (χ0v) is 10.7. The first-order valence-corrected chi connectivity index (χ1v) is 6.61. The van der Waals surface area contributed by atoms with Gasteiger partial charge in [0, 0.05) is 23.9 Å². The van der Waals surface area contributed by atoms with Gasteiger partial charge in [-0.1, -0.05) is 6.07 Å². The molecule has 3 heterocycles. The number of anilines is 1. The number of H-pyrrole nitrogens is 1. The summed E-state index contributed by atoms with van der Waals surface area (Å²) in [6, 6.07) is 7.74. The minimum Gasteiger partial charge on any atom is -0.367 e. The molecular weight excluding hydrogens is 254 g/mol. The first kappa shape index (κ1) is 11.2. The maximum absolute atomic E-state index is 11.8. The molecule has 1 amide bonds. The summed E-state index contributed by atoms with van der Waals surface area (Å²) in [5.41, 5.74) is 2.68. The number of carbonyl (C=O) groups is 1. The van der Waals surface area contributed by atoms with Crippen LogP contribution < -0.4 is 5.32 Å². The lowest BCUT2D eigenvalue weighted by atomic mass is 10.2. The molecule has 100 valence electrons. The molecule has 0 atom stereocenters. The summed E-state index contributed by atoms with van der Waals surface area (Å²) in [5, 5.41) is 7.15. The third kappa shape index (κ3) is 1.85. The topological polar surface area (TPSA) is 75.1 Å². The Balaban J connectivity index is 1.75. The zero-order chi connectivity index (χ0) is 13.5. The molecule has 20 heavy (non-hydrogen) atoms. The largest absolute Gasteiger partial charge is 0.367 e. The number of nitrogens with zero attached hydrogens (tertiary/aromatic N) is 3. The maximum atomic E-state index is 11.8. The van der Waals surface area contributed by atoms with Crippen LogP contribution in [0.4, 0.5) is 5.95 Å². The molecule has 4 rings (SSSR count). The molecule has 2 N–H and O–H groups in total. The predicted molar refractivity (Wildman–Crippen MR) is 74.1 cm³/mol. The molecule has 6 heteroatoms. The van der Waals surface area contributed by atoms with Gasteiger partial charge in [-0.3, -0.25) is 10.1 Å². The number of aromatic nitrogens is 4. The van der Waals surface area contributed by atoms with E-state index in [0.29, 0.717) is 5.95 Å². The Labute approximate surface area is 114 Å². The van der Waals surface area contributed by atoms with Crippen molar-refractivity contribution >= 4 is 17.5 Å². The van der Waals surface area contributed by atoms with Crippen LogP contribution in [0.5, 0.6) is 0 Å². The summed E-state index contributed by atoms with van der Waals surface area (Å²) >= 11 is 0. The Hall–Kier alpha value is -2.63. The Kier molecular flexibility index (Phi) is 2.35. The van der Waals surface area contributed by atoms with Gasteiger partial charge in [0.15, 0.2) is 5.65 Å². The number of hydrogen-bond acceptors (Lipinski definition) is 3. The third-order valence-corrected chi connectivity index (χ3v) is 3.44. The van der Waals surface area contributed by atoms with Gasteiger partial charge < -0.3 is 4.98 Å². The number of hydrogen-bond donors (Lipinski definition) is 2. The molecule has 1 aliphatic rings. The van der Waals surface area contributed by atoms with Crippen molar-refractivity contribution < 1.29 is 4.79 Å². The Morgan fingerprint density at radius 3 is 3.00 bits per heavy atom. The summed E-state index contributed by atoms with van der Waals surface area (Å²) in [6.45, 7) is 0. The van der Waals surface area contributed by atoms with Crippen LogP contribution in [0.25, 0.3) is 16.9 Å². The second-order valence-corrected chi connectivity index (χ2v) is 4.98. The van der Waals surface area contributed by atoms with Crippen LogP contribution in [0.1, 0.15) is 12.8 Å². The van der Waals surface area contributed by atoms with Crippen LogP contribution in [-0.4, -0.2) is 25.5 Å². The van der Waals surface area contributed by atoms with Gasteiger partial charge in [0.2, 0.25) is 11.9 Å². The quantitative estimate of drug-likeness (QED) is 0.762. The highest BCUT2D eigenvalue weighted by Crippen LogP contribution is 2.30. The van der Waals surface area contributed by atoms with Gasteiger partial charge in [0.1, 0.15) is 0 Å². The minimum atomic E-state index is 0.0177. The summed E-state index contributed by atoms with van der Waals surface area (Å²) in [7, 11) is 0. The maximum Gasteiger partial charge on any atom is 0.249 e. The highest BCUT2D eigenvalue weighted by molar-refractivity contribution is 5.92. The van der Waals surface area contributed by atoms with Crippen molar-refractivity contribution in [3.05, 3.63) is 36.7 Å². The van der Waals surface area contributed by atoms with Gasteiger partial charge in [0.25, 0.3) is 0 Å². The molecule has 1 fully saturated rings. The lowest BCUT2D eigenvalue weighted by Crippen LogP contribution is -2.14. The molecule has 1 aliphatic carbocycles. The van der Waals surface area contributed by atoms with Crippen LogP contribution in [0, 0.1) is 5.92 Å². The molecule has 0 aliphatic heterocycles. The van der Waals surface area contributed by atoms with E-state index in [0.717, 1.165) is 29.7 Å². The van der Waals surface area contributed by atoms with Crippen LogP contribution >= 0.6 is 0 Å². The SMILES string of the molecule is O=C(Nc1nc2cccc(-c3cc[nH]c3)n2n1)C1CC1.